The molecule has 1 N–H and O–H groups in total. The Kier molecular flexibility index (Phi) is 5.62. The Morgan fingerprint density at radius 3 is 2.89 bits per heavy atom. The molecule has 4 rings (SSSR count). The molecule has 5 heteroatoms. The first-order valence-corrected chi connectivity index (χ1v) is 10.5. The van der Waals surface area contributed by atoms with Crippen molar-refractivity contribution in [3.05, 3.63) is 55.0 Å². The molecule has 1 unspecified atom stereocenters. The van der Waals surface area contributed by atoms with E-state index >= 15 is 0 Å². The van der Waals surface area contributed by atoms with Crippen molar-refractivity contribution < 1.29 is 0 Å². The molecule has 0 aliphatic carbocycles. The van der Waals surface area contributed by atoms with Gasteiger partial charge in [0.1, 0.15) is 17.8 Å². The molecule has 2 aliphatic heterocycles. The van der Waals surface area contributed by atoms with E-state index < -0.39 is 0 Å². The van der Waals surface area contributed by atoms with Crippen molar-refractivity contribution in [1.82, 2.24) is 19.9 Å². The molecule has 148 valence electrons. The number of nitrogens with one attached hydrogen (secondary N) is 1. The summed E-state index contributed by atoms with van der Waals surface area (Å²) in [6.07, 6.45) is 18.3. The number of aromatic amines is 1. The minimum Gasteiger partial charge on any atom is -0.356 e. The van der Waals surface area contributed by atoms with Gasteiger partial charge in [0.2, 0.25) is 0 Å². The zero-order valence-electron chi connectivity index (χ0n) is 16.9. The number of likely N-dealkylation sites (tertiary alicyclic amines) is 1. The Balaban J connectivity index is 1.51. The van der Waals surface area contributed by atoms with Crippen LogP contribution in [0.4, 0.5) is 5.82 Å². The van der Waals surface area contributed by atoms with E-state index in [1.807, 2.05) is 18.3 Å². The molecule has 2 aromatic rings. The highest BCUT2D eigenvalue weighted by molar-refractivity contribution is 5.87. The van der Waals surface area contributed by atoms with Crippen molar-refractivity contribution in [1.29, 1.82) is 0 Å². The third kappa shape index (κ3) is 3.63. The first-order chi connectivity index (χ1) is 13.8. The van der Waals surface area contributed by atoms with Gasteiger partial charge < -0.3 is 9.88 Å². The van der Waals surface area contributed by atoms with E-state index in [0.29, 0.717) is 5.54 Å². The smallest absolute Gasteiger partial charge is 0.142 e. The van der Waals surface area contributed by atoms with Crippen molar-refractivity contribution in [3.8, 4) is 0 Å². The summed E-state index contributed by atoms with van der Waals surface area (Å²) in [6.45, 7) is 10.3. The number of aromatic nitrogens is 3. The van der Waals surface area contributed by atoms with Crippen LogP contribution in [-0.4, -0.2) is 51.6 Å². The van der Waals surface area contributed by atoms with Crippen LogP contribution in [0.3, 0.4) is 0 Å². The predicted molar refractivity (Wildman–Crippen MR) is 117 cm³/mol. The monoisotopic (exact) mass is 377 g/mol. The molecule has 2 saturated heterocycles. The molecule has 0 bridgehead atoms. The fourth-order valence-electron chi connectivity index (χ4n) is 4.96. The Labute approximate surface area is 167 Å². The largest absolute Gasteiger partial charge is 0.356 e. The lowest BCUT2D eigenvalue weighted by Gasteiger charge is -2.38. The SMILES string of the molecule is C=C/C=C\C(=C/C)CN1CCCC12CCCN(c1ncnc3[nH]ccc13)CC2. The fourth-order valence-corrected chi connectivity index (χ4v) is 4.96. The van der Waals surface area contributed by atoms with E-state index in [1.54, 1.807) is 6.33 Å². The normalized spacial score (nSPS) is 24.5. The third-order valence-electron chi connectivity index (χ3n) is 6.48. The molecule has 2 aliphatic rings. The van der Waals surface area contributed by atoms with E-state index in [9.17, 15) is 0 Å². The lowest BCUT2D eigenvalue weighted by Crippen LogP contribution is -2.45. The topological polar surface area (TPSA) is 48.1 Å². The standard InChI is InChI=1S/C23H31N5/c1-3-5-8-19(4-2)17-28-15-7-11-23(28)10-6-14-27(16-12-23)22-20-9-13-24-21(20)25-18-26-22/h3-5,8-9,13,18H,1,6-7,10-12,14-17H2,2H3,(H,24,25,26)/b8-5-,19-4+. The number of allylic oxidation sites excluding steroid dienone is 3. The molecule has 4 heterocycles. The zero-order chi connectivity index (χ0) is 19.4. The number of hydrogen-bond donors (Lipinski definition) is 1. The van der Waals surface area contributed by atoms with Gasteiger partial charge >= 0.3 is 0 Å². The number of anilines is 1. The first-order valence-electron chi connectivity index (χ1n) is 10.5. The van der Waals surface area contributed by atoms with Crippen LogP contribution in [0.15, 0.2) is 55.0 Å². The van der Waals surface area contributed by atoms with Gasteiger partial charge in [-0.3, -0.25) is 4.90 Å². The maximum absolute atomic E-state index is 4.63. The summed E-state index contributed by atoms with van der Waals surface area (Å²) in [7, 11) is 0. The zero-order valence-corrected chi connectivity index (χ0v) is 16.9. The molecule has 1 atom stereocenters. The molecular weight excluding hydrogens is 346 g/mol. The van der Waals surface area contributed by atoms with E-state index in [-0.39, 0.29) is 0 Å². The van der Waals surface area contributed by atoms with Gasteiger partial charge in [0.15, 0.2) is 0 Å². The molecule has 2 aromatic heterocycles. The van der Waals surface area contributed by atoms with E-state index in [1.165, 1.54) is 44.2 Å². The summed E-state index contributed by atoms with van der Waals surface area (Å²) < 4.78 is 0. The molecule has 0 amide bonds. The number of H-pyrrole nitrogens is 1. The summed E-state index contributed by atoms with van der Waals surface area (Å²) >= 11 is 0. The molecule has 2 fully saturated rings. The Morgan fingerprint density at radius 2 is 2.07 bits per heavy atom. The second-order valence-corrected chi connectivity index (χ2v) is 7.99. The Bertz CT molecular complexity index is 880. The van der Waals surface area contributed by atoms with Crippen LogP contribution in [0.2, 0.25) is 0 Å². The van der Waals surface area contributed by atoms with Gasteiger partial charge in [0, 0.05) is 31.4 Å². The van der Waals surface area contributed by atoms with Gasteiger partial charge in [0.05, 0.1) is 5.39 Å². The maximum Gasteiger partial charge on any atom is 0.142 e. The van der Waals surface area contributed by atoms with Gasteiger partial charge in [0.25, 0.3) is 0 Å². The Hall–Kier alpha value is -2.40. The number of fused-ring (bicyclic) bond motifs is 1. The van der Waals surface area contributed by atoms with Crippen LogP contribution >= 0.6 is 0 Å². The number of hydrogen-bond acceptors (Lipinski definition) is 4. The van der Waals surface area contributed by atoms with Crippen molar-refractivity contribution in [2.24, 2.45) is 0 Å². The van der Waals surface area contributed by atoms with Gasteiger partial charge in [-0.25, -0.2) is 9.97 Å². The van der Waals surface area contributed by atoms with Crippen molar-refractivity contribution in [2.75, 3.05) is 31.1 Å². The minimum absolute atomic E-state index is 0.329. The summed E-state index contributed by atoms with van der Waals surface area (Å²) in [5.74, 6) is 1.08. The molecule has 0 saturated carbocycles. The van der Waals surface area contributed by atoms with Crippen molar-refractivity contribution >= 4 is 16.9 Å². The molecule has 28 heavy (non-hydrogen) atoms. The van der Waals surface area contributed by atoms with E-state index in [2.05, 4.69) is 56.5 Å². The summed E-state index contributed by atoms with van der Waals surface area (Å²) in [5, 5.41) is 1.13. The number of nitrogens with zero attached hydrogens (tertiary/aromatic N) is 4. The van der Waals surface area contributed by atoms with Crippen LogP contribution < -0.4 is 4.90 Å². The van der Waals surface area contributed by atoms with Crippen LogP contribution in [0, 0.1) is 0 Å². The lowest BCUT2D eigenvalue weighted by atomic mass is 9.87. The summed E-state index contributed by atoms with van der Waals surface area (Å²) in [6, 6.07) is 2.09. The predicted octanol–water partition coefficient (Wildman–Crippen LogP) is 4.47. The molecule has 0 radical (unpaired) electrons. The highest BCUT2D eigenvalue weighted by Gasteiger charge is 2.41. The highest BCUT2D eigenvalue weighted by atomic mass is 15.3. The average Bonchev–Trinajstić information content (AvgIpc) is 3.28. The summed E-state index contributed by atoms with van der Waals surface area (Å²) in [5.41, 5.74) is 2.64. The third-order valence-corrected chi connectivity index (χ3v) is 6.48. The molecule has 0 aromatic carbocycles. The molecule has 1 spiro atoms. The highest BCUT2D eigenvalue weighted by Crippen LogP contribution is 2.40. The van der Waals surface area contributed by atoms with Crippen LogP contribution in [0.5, 0.6) is 0 Å². The van der Waals surface area contributed by atoms with Crippen LogP contribution in [0.25, 0.3) is 11.0 Å². The quantitative estimate of drug-likeness (QED) is 0.781. The van der Waals surface area contributed by atoms with Crippen LogP contribution in [0.1, 0.15) is 39.0 Å². The van der Waals surface area contributed by atoms with Gasteiger partial charge in [-0.05, 0) is 57.2 Å². The minimum atomic E-state index is 0.329. The molecular formula is C23H31N5. The second kappa shape index (κ2) is 8.31. The fraction of sp³-hybridized carbons (Fsp3) is 0.478. The average molecular weight is 378 g/mol. The van der Waals surface area contributed by atoms with Crippen LogP contribution in [-0.2, 0) is 0 Å². The summed E-state index contributed by atoms with van der Waals surface area (Å²) in [4.78, 5) is 17.4. The first kappa shape index (κ1) is 18.9. The van der Waals surface area contributed by atoms with Gasteiger partial charge in [-0.15, -0.1) is 0 Å². The van der Waals surface area contributed by atoms with E-state index in [0.717, 1.165) is 36.5 Å². The molecule has 5 nitrogen and oxygen atoms in total. The van der Waals surface area contributed by atoms with Gasteiger partial charge in [-0.1, -0.05) is 30.9 Å². The maximum atomic E-state index is 4.63. The number of rotatable bonds is 5. The Morgan fingerprint density at radius 1 is 1.21 bits per heavy atom. The van der Waals surface area contributed by atoms with Gasteiger partial charge in [-0.2, -0.15) is 0 Å². The van der Waals surface area contributed by atoms with Crippen molar-refractivity contribution in [3.63, 3.8) is 0 Å². The second-order valence-electron chi connectivity index (χ2n) is 7.99. The lowest BCUT2D eigenvalue weighted by molar-refractivity contribution is 0.135. The van der Waals surface area contributed by atoms with E-state index in [4.69, 9.17) is 0 Å². The van der Waals surface area contributed by atoms with Crippen molar-refractivity contribution in [2.45, 2.75) is 44.6 Å².